The maximum absolute atomic E-state index is 13.1. The Morgan fingerprint density at radius 3 is 2.59 bits per heavy atom. The Labute approximate surface area is 224 Å². The number of anilines is 1. The molecule has 3 heterocycles. The average Bonchev–Trinajstić information content (AvgIpc) is 3.35. The molecule has 0 fully saturated rings. The van der Waals surface area contributed by atoms with Crippen molar-refractivity contribution in [2.24, 2.45) is 0 Å². The van der Waals surface area contributed by atoms with Gasteiger partial charge in [-0.25, -0.2) is 29.1 Å². The van der Waals surface area contributed by atoms with Crippen molar-refractivity contribution in [1.82, 2.24) is 29.7 Å². The molecule has 10 heteroatoms. The zero-order valence-electron chi connectivity index (χ0n) is 21.5. The van der Waals surface area contributed by atoms with Gasteiger partial charge in [-0.3, -0.25) is 0 Å². The fourth-order valence-corrected chi connectivity index (χ4v) is 3.60. The molecule has 1 N–H and O–H groups in total. The molecule has 0 saturated carbocycles. The van der Waals surface area contributed by atoms with Gasteiger partial charge in [0, 0.05) is 29.9 Å². The van der Waals surface area contributed by atoms with E-state index in [4.69, 9.17) is 4.74 Å². The summed E-state index contributed by atoms with van der Waals surface area (Å²) in [5.41, 5.74) is 2.70. The Hall–Kier alpha value is -5.17. The molecule has 0 unspecified atom stereocenters. The van der Waals surface area contributed by atoms with Crippen molar-refractivity contribution in [3.8, 4) is 23.4 Å². The Morgan fingerprint density at radius 2 is 1.79 bits per heavy atom. The highest BCUT2D eigenvalue weighted by Gasteiger charge is 2.20. The molecule has 0 bridgehead atoms. The molecule has 5 rings (SSSR count). The number of hydrogen-bond donors (Lipinski definition) is 1. The van der Waals surface area contributed by atoms with Crippen molar-refractivity contribution in [3.05, 3.63) is 95.8 Å². The van der Waals surface area contributed by atoms with E-state index in [1.165, 1.54) is 16.8 Å². The smallest absolute Gasteiger partial charge is 0.435 e. The third-order valence-corrected chi connectivity index (χ3v) is 5.37. The van der Waals surface area contributed by atoms with E-state index in [1.807, 2.05) is 12.1 Å². The highest BCUT2D eigenvalue weighted by atomic mass is 19.1. The monoisotopic (exact) mass is 521 g/mol. The van der Waals surface area contributed by atoms with Gasteiger partial charge >= 0.3 is 6.09 Å². The van der Waals surface area contributed by atoms with Crippen molar-refractivity contribution in [3.63, 3.8) is 0 Å². The average molecular weight is 522 g/mol. The van der Waals surface area contributed by atoms with Crippen LogP contribution < -0.4 is 5.32 Å². The normalized spacial score (nSPS) is 11.1. The molecule has 0 aliphatic heterocycles. The van der Waals surface area contributed by atoms with Crippen LogP contribution in [0.2, 0.25) is 0 Å². The van der Waals surface area contributed by atoms with Crippen molar-refractivity contribution in [2.45, 2.75) is 32.9 Å². The Kier molecular flexibility index (Phi) is 6.97. The van der Waals surface area contributed by atoms with Crippen LogP contribution >= 0.6 is 0 Å². The molecule has 2 aromatic carbocycles. The van der Waals surface area contributed by atoms with E-state index in [1.54, 1.807) is 69.7 Å². The number of hydrogen-bond acceptors (Lipinski definition) is 8. The molecule has 3 aromatic heterocycles. The first-order chi connectivity index (χ1) is 18.7. The van der Waals surface area contributed by atoms with Crippen LogP contribution in [0.1, 0.15) is 37.6 Å². The quantitative estimate of drug-likeness (QED) is 0.321. The van der Waals surface area contributed by atoms with Crippen LogP contribution in [0.3, 0.4) is 0 Å². The summed E-state index contributed by atoms with van der Waals surface area (Å²) in [7, 11) is 0. The second-order valence-electron chi connectivity index (χ2n) is 9.57. The van der Waals surface area contributed by atoms with Crippen LogP contribution in [0.15, 0.2) is 73.2 Å². The molecule has 9 nitrogen and oxygen atoms in total. The predicted molar refractivity (Wildman–Crippen MR) is 144 cm³/mol. The van der Waals surface area contributed by atoms with Gasteiger partial charge in [0.05, 0.1) is 11.7 Å². The minimum atomic E-state index is -0.620. The summed E-state index contributed by atoms with van der Waals surface area (Å²) < 4.78 is 19.8. The lowest BCUT2D eigenvalue weighted by atomic mass is 10.1. The van der Waals surface area contributed by atoms with Crippen molar-refractivity contribution in [2.75, 3.05) is 5.32 Å². The molecule has 0 aliphatic carbocycles. The van der Waals surface area contributed by atoms with E-state index < -0.39 is 11.7 Å². The molecule has 0 radical (unpaired) electrons. The zero-order valence-corrected chi connectivity index (χ0v) is 21.5. The summed E-state index contributed by atoms with van der Waals surface area (Å²) in [4.78, 5) is 30.0. The van der Waals surface area contributed by atoms with Crippen LogP contribution in [-0.2, 0) is 11.3 Å². The number of carbonyl (C=O) groups excluding carboxylic acids is 1. The zero-order chi connectivity index (χ0) is 27.4. The molecular weight excluding hydrogens is 497 g/mol. The number of benzene rings is 2. The number of ether oxygens (including phenoxy) is 1. The summed E-state index contributed by atoms with van der Waals surface area (Å²) in [5, 5.41) is 8.05. The first kappa shape index (κ1) is 25.5. The van der Waals surface area contributed by atoms with Crippen LogP contribution in [0.4, 0.5) is 15.1 Å². The molecule has 194 valence electrons. The van der Waals surface area contributed by atoms with E-state index in [0.717, 1.165) is 16.5 Å². The van der Waals surface area contributed by atoms with Gasteiger partial charge in [-0.2, -0.15) is 9.78 Å². The van der Waals surface area contributed by atoms with E-state index in [9.17, 15) is 9.18 Å². The summed E-state index contributed by atoms with van der Waals surface area (Å²) in [5.74, 6) is 6.67. The van der Waals surface area contributed by atoms with Crippen molar-refractivity contribution in [1.29, 1.82) is 0 Å². The predicted octanol–water partition coefficient (Wildman–Crippen LogP) is 5.22. The van der Waals surface area contributed by atoms with Gasteiger partial charge in [-0.15, -0.1) is 0 Å². The Morgan fingerprint density at radius 1 is 1.00 bits per heavy atom. The third kappa shape index (κ3) is 6.40. The van der Waals surface area contributed by atoms with Gasteiger partial charge in [0.15, 0.2) is 5.82 Å². The van der Waals surface area contributed by atoms with Gasteiger partial charge in [0.2, 0.25) is 5.95 Å². The maximum atomic E-state index is 13.1. The van der Waals surface area contributed by atoms with E-state index >= 15 is 0 Å². The Bertz CT molecular complexity index is 1710. The standard InChI is InChI=1S/C29H24FN7O2/c1-29(2,3)39-28(38)37-25-11-7-19(16-21(25)18-34-37)6-10-23-12-14-31-26(35-23)24-13-15-32-27(36-24)33-17-20-4-8-22(30)9-5-20/h4-5,7-9,11-16,18H,17H2,1-3H3,(H,32,33,36). The summed E-state index contributed by atoms with van der Waals surface area (Å²) >= 11 is 0. The highest BCUT2D eigenvalue weighted by Crippen LogP contribution is 2.18. The second kappa shape index (κ2) is 10.7. The second-order valence-corrected chi connectivity index (χ2v) is 9.57. The third-order valence-electron chi connectivity index (χ3n) is 5.37. The molecule has 0 amide bonds. The minimum Gasteiger partial charge on any atom is -0.442 e. The number of rotatable bonds is 4. The largest absolute Gasteiger partial charge is 0.442 e. The minimum absolute atomic E-state index is 0.285. The van der Waals surface area contributed by atoms with Gasteiger partial charge in [-0.1, -0.05) is 18.1 Å². The number of fused-ring (bicyclic) bond motifs is 1. The van der Waals surface area contributed by atoms with Crippen LogP contribution in [0, 0.1) is 17.7 Å². The Balaban J connectivity index is 1.31. The van der Waals surface area contributed by atoms with E-state index in [2.05, 4.69) is 42.2 Å². The molecule has 0 saturated heterocycles. The lowest BCUT2D eigenvalue weighted by Gasteiger charge is -2.19. The van der Waals surface area contributed by atoms with Gasteiger partial charge < -0.3 is 10.1 Å². The van der Waals surface area contributed by atoms with Gasteiger partial charge in [0.25, 0.3) is 0 Å². The molecular formula is C29H24FN7O2. The lowest BCUT2D eigenvalue weighted by Crippen LogP contribution is -2.27. The summed E-state index contributed by atoms with van der Waals surface area (Å²) in [6, 6.07) is 15.1. The van der Waals surface area contributed by atoms with Crippen LogP contribution in [0.25, 0.3) is 22.4 Å². The molecule has 39 heavy (non-hydrogen) atoms. The van der Waals surface area contributed by atoms with Gasteiger partial charge in [-0.05, 0) is 74.7 Å². The summed E-state index contributed by atoms with van der Waals surface area (Å²) in [6.45, 7) is 5.86. The van der Waals surface area contributed by atoms with E-state index in [-0.39, 0.29) is 5.82 Å². The van der Waals surface area contributed by atoms with Crippen LogP contribution in [-0.4, -0.2) is 41.4 Å². The summed E-state index contributed by atoms with van der Waals surface area (Å²) in [6.07, 6.45) is 4.30. The van der Waals surface area contributed by atoms with Gasteiger partial charge in [0.1, 0.15) is 22.8 Å². The van der Waals surface area contributed by atoms with Crippen molar-refractivity contribution < 1.29 is 13.9 Å². The molecule has 0 aliphatic rings. The number of halogens is 1. The molecule has 0 atom stereocenters. The molecule has 0 spiro atoms. The lowest BCUT2D eigenvalue weighted by molar-refractivity contribution is 0.0522. The number of carbonyl (C=O) groups is 1. The highest BCUT2D eigenvalue weighted by molar-refractivity contribution is 5.88. The first-order valence-corrected chi connectivity index (χ1v) is 12.1. The fourth-order valence-electron chi connectivity index (χ4n) is 3.60. The SMILES string of the molecule is CC(C)(C)OC(=O)n1ncc2cc(C#Cc3ccnc(-c4ccnc(NCc5ccc(F)cc5)n4)n3)ccc21. The number of nitrogens with zero attached hydrogens (tertiary/aromatic N) is 6. The first-order valence-electron chi connectivity index (χ1n) is 12.1. The fraction of sp³-hybridized carbons (Fsp3) is 0.172. The topological polar surface area (TPSA) is 108 Å². The number of aromatic nitrogens is 6. The number of nitrogens with one attached hydrogen (secondary N) is 1. The maximum Gasteiger partial charge on any atom is 0.435 e. The van der Waals surface area contributed by atoms with Crippen LogP contribution in [0.5, 0.6) is 0 Å². The molecule has 5 aromatic rings. The van der Waals surface area contributed by atoms with Crippen molar-refractivity contribution >= 4 is 22.9 Å². The van der Waals surface area contributed by atoms with E-state index in [0.29, 0.717) is 35.2 Å².